The molecule has 8 heteroatoms. The van der Waals surface area contributed by atoms with Crippen LogP contribution in [-0.2, 0) is 9.84 Å². The van der Waals surface area contributed by atoms with Crippen molar-refractivity contribution < 1.29 is 13.3 Å². The number of nitrogens with zero attached hydrogens (tertiary/aromatic N) is 1. The van der Waals surface area contributed by atoms with Crippen molar-refractivity contribution in [1.82, 2.24) is 0 Å². The maximum Gasteiger partial charge on any atom is 0.293 e. The Hall–Kier alpha value is -2.61. The van der Waals surface area contributed by atoms with Crippen LogP contribution in [0.15, 0.2) is 47.4 Å². The van der Waals surface area contributed by atoms with E-state index in [4.69, 9.17) is 0 Å². The van der Waals surface area contributed by atoms with E-state index in [-0.39, 0.29) is 16.3 Å². The van der Waals surface area contributed by atoms with E-state index in [9.17, 15) is 18.5 Å². The van der Waals surface area contributed by atoms with E-state index in [2.05, 4.69) is 10.6 Å². The summed E-state index contributed by atoms with van der Waals surface area (Å²) in [5.74, 6) is 0. The number of anilines is 3. The molecule has 3 rings (SSSR count). The second-order valence-electron chi connectivity index (χ2n) is 5.83. The highest BCUT2D eigenvalue weighted by molar-refractivity contribution is 7.90. The molecule has 1 aliphatic carbocycles. The van der Waals surface area contributed by atoms with Gasteiger partial charge in [0, 0.05) is 29.7 Å². The molecule has 2 N–H and O–H groups in total. The molecule has 0 bridgehead atoms. The highest BCUT2D eigenvalue weighted by Gasteiger charge is 2.21. The zero-order chi connectivity index (χ0) is 17.3. The van der Waals surface area contributed by atoms with Crippen LogP contribution in [0.5, 0.6) is 0 Å². The molecule has 0 aliphatic heterocycles. The summed E-state index contributed by atoms with van der Waals surface area (Å²) in [4.78, 5) is 10.6. The third-order valence-electron chi connectivity index (χ3n) is 3.68. The third kappa shape index (κ3) is 3.83. The van der Waals surface area contributed by atoms with Gasteiger partial charge in [-0.3, -0.25) is 10.1 Å². The molecule has 0 amide bonds. The van der Waals surface area contributed by atoms with Gasteiger partial charge >= 0.3 is 0 Å². The number of rotatable bonds is 6. The molecule has 0 radical (unpaired) electrons. The lowest BCUT2D eigenvalue weighted by Gasteiger charge is -2.11. The molecule has 0 heterocycles. The molecule has 2 aromatic rings. The average molecular weight is 347 g/mol. The first-order chi connectivity index (χ1) is 11.3. The fourth-order valence-electron chi connectivity index (χ4n) is 2.30. The Morgan fingerprint density at radius 3 is 2.46 bits per heavy atom. The molecule has 7 nitrogen and oxygen atoms in total. The van der Waals surface area contributed by atoms with Crippen LogP contribution in [0.4, 0.5) is 22.7 Å². The largest absolute Gasteiger partial charge is 0.382 e. The fraction of sp³-hybridized carbons (Fsp3) is 0.250. The topological polar surface area (TPSA) is 101 Å². The molecule has 0 unspecified atom stereocenters. The summed E-state index contributed by atoms with van der Waals surface area (Å²) in [7, 11) is -3.50. The number of benzene rings is 2. The number of nitrogens with one attached hydrogen (secondary N) is 2. The summed E-state index contributed by atoms with van der Waals surface area (Å²) in [6, 6.07) is 11.8. The van der Waals surface area contributed by atoms with Gasteiger partial charge in [-0.1, -0.05) is 6.07 Å². The van der Waals surface area contributed by atoms with E-state index in [0.29, 0.717) is 11.7 Å². The quantitative estimate of drug-likeness (QED) is 0.614. The SMILES string of the molecule is CS(=O)(=O)c1ccc(Nc2cccc(NC3CC3)c2)c([N+](=O)[O-])c1. The molecule has 0 aromatic heterocycles. The monoisotopic (exact) mass is 347 g/mol. The lowest BCUT2D eigenvalue weighted by atomic mass is 10.2. The molecule has 126 valence electrons. The van der Waals surface area contributed by atoms with Gasteiger partial charge in [-0.05, 0) is 43.2 Å². The van der Waals surface area contributed by atoms with Crippen molar-refractivity contribution in [2.24, 2.45) is 0 Å². The van der Waals surface area contributed by atoms with Gasteiger partial charge in [0.15, 0.2) is 9.84 Å². The smallest absolute Gasteiger partial charge is 0.293 e. The highest BCUT2D eigenvalue weighted by atomic mass is 32.2. The zero-order valence-corrected chi connectivity index (χ0v) is 13.8. The summed E-state index contributed by atoms with van der Waals surface area (Å²) in [5.41, 5.74) is 1.60. The molecule has 2 aromatic carbocycles. The first-order valence-electron chi connectivity index (χ1n) is 7.45. The summed E-state index contributed by atoms with van der Waals surface area (Å²) >= 11 is 0. The van der Waals surface area contributed by atoms with E-state index in [1.54, 1.807) is 6.07 Å². The third-order valence-corrected chi connectivity index (χ3v) is 4.79. The van der Waals surface area contributed by atoms with Crippen molar-refractivity contribution in [3.8, 4) is 0 Å². The second-order valence-corrected chi connectivity index (χ2v) is 7.85. The van der Waals surface area contributed by atoms with E-state index in [1.807, 2.05) is 18.2 Å². The van der Waals surface area contributed by atoms with Crippen LogP contribution in [0.1, 0.15) is 12.8 Å². The zero-order valence-electron chi connectivity index (χ0n) is 13.0. The van der Waals surface area contributed by atoms with Crippen LogP contribution in [-0.4, -0.2) is 25.6 Å². The maximum atomic E-state index is 11.6. The highest BCUT2D eigenvalue weighted by Crippen LogP contribution is 2.32. The van der Waals surface area contributed by atoms with Crippen molar-refractivity contribution >= 4 is 32.6 Å². The molecule has 1 saturated carbocycles. The van der Waals surface area contributed by atoms with Crippen molar-refractivity contribution in [2.45, 2.75) is 23.8 Å². The first-order valence-corrected chi connectivity index (χ1v) is 9.34. The first kappa shape index (κ1) is 16.3. The lowest BCUT2D eigenvalue weighted by molar-refractivity contribution is -0.384. The normalized spacial score (nSPS) is 14.2. The van der Waals surface area contributed by atoms with E-state index < -0.39 is 14.8 Å². The van der Waals surface area contributed by atoms with E-state index >= 15 is 0 Å². The second kappa shape index (κ2) is 6.12. The van der Waals surface area contributed by atoms with Crippen LogP contribution in [0, 0.1) is 10.1 Å². The summed E-state index contributed by atoms with van der Waals surface area (Å²) in [6.45, 7) is 0. The van der Waals surface area contributed by atoms with Crippen LogP contribution < -0.4 is 10.6 Å². The van der Waals surface area contributed by atoms with Gasteiger partial charge in [0.2, 0.25) is 0 Å². The Kier molecular flexibility index (Phi) is 4.15. The van der Waals surface area contributed by atoms with Gasteiger partial charge in [-0.25, -0.2) is 8.42 Å². The number of hydrogen-bond acceptors (Lipinski definition) is 6. The predicted molar refractivity (Wildman–Crippen MR) is 92.6 cm³/mol. The predicted octanol–water partition coefficient (Wildman–Crippen LogP) is 3.32. The standard InChI is InChI=1S/C16H17N3O4S/c1-24(22,23)14-7-8-15(16(10-14)19(20)21)18-13-4-2-3-12(9-13)17-11-5-6-11/h2-4,7-11,17-18H,5-6H2,1H3. The van der Waals surface area contributed by atoms with E-state index in [0.717, 1.165) is 30.9 Å². The van der Waals surface area contributed by atoms with Crippen molar-refractivity contribution in [1.29, 1.82) is 0 Å². The Morgan fingerprint density at radius 2 is 1.83 bits per heavy atom. The Morgan fingerprint density at radius 1 is 1.12 bits per heavy atom. The maximum absolute atomic E-state index is 11.6. The number of nitro groups is 1. The van der Waals surface area contributed by atoms with Crippen molar-refractivity contribution in [3.63, 3.8) is 0 Å². The Bertz CT molecular complexity index is 892. The molecule has 1 aliphatic rings. The molecule has 0 spiro atoms. The van der Waals surface area contributed by atoms with E-state index in [1.165, 1.54) is 12.1 Å². The molecule has 0 atom stereocenters. The number of sulfone groups is 1. The van der Waals surface area contributed by atoms with Gasteiger partial charge in [0.05, 0.1) is 9.82 Å². The van der Waals surface area contributed by atoms with Gasteiger partial charge in [-0.15, -0.1) is 0 Å². The minimum Gasteiger partial charge on any atom is -0.382 e. The van der Waals surface area contributed by atoms with Gasteiger partial charge in [0.25, 0.3) is 5.69 Å². The Balaban J connectivity index is 1.90. The molecular weight excluding hydrogens is 330 g/mol. The minimum absolute atomic E-state index is 0.0797. The average Bonchev–Trinajstić information content (AvgIpc) is 3.30. The van der Waals surface area contributed by atoms with Gasteiger partial charge in [0.1, 0.15) is 5.69 Å². The van der Waals surface area contributed by atoms with Crippen LogP contribution in [0.2, 0.25) is 0 Å². The summed E-state index contributed by atoms with van der Waals surface area (Å²) in [5, 5.41) is 17.6. The van der Waals surface area contributed by atoms with Crippen LogP contribution >= 0.6 is 0 Å². The van der Waals surface area contributed by atoms with Gasteiger partial charge in [-0.2, -0.15) is 0 Å². The number of hydrogen-bond donors (Lipinski definition) is 2. The molecule has 24 heavy (non-hydrogen) atoms. The number of nitro benzene ring substituents is 1. The lowest BCUT2D eigenvalue weighted by Crippen LogP contribution is -2.03. The van der Waals surface area contributed by atoms with Crippen LogP contribution in [0.25, 0.3) is 0 Å². The minimum atomic E-state index is -3.50. The molecule has 0 saturated heterocycles. The summed E-state index contributed by atoms with van der Waals surface area (Å²) in [6.07, 6.45) is 3.32. The van der Waals surface area contributed by atoms with Crippen LogP contribution in [0.3, 0.4) is 0 Å². The van der Waals surface area contributed by atoms with Gasteiger partial charge < -0.3 is 10.6 Å². The molecular formula is C16H17N3O4S. The summed E-state index contributed by atoms with van der Waals surface area (Å²) < 4.78 is 23.2. The van der Waals surface area contributed by atoms with Crippen molar-refractivity contribution in [2.75, 3.05) is 16.9 Å². The molecule has 1 fully saturated rings. The Labute approximate surface area is 139 Å². The van der Waals surface area contributed by atoms with Crippen molar-refractivity contribution in [3.05, 3.63) is 52.6 Å². The fourth-order valence-corrected chi connectivity index (χ4v) is 2.95.